The maximum Gasteiger partial charge on any atom is 0.218 e. The van der Waals surface area contributed by atoms with Crippen molar-refractivity contribution in [3.05, 3.63) is 12.4 Å². The van der Waals surface area contributed by atoms with E-state index in [0.29, 0.717) is 18.4 Å². The third-order valence-corrected chi connectivity index (χ3v) is 2.91. The van der Waals surface area contributed by atoms with E-state index < -0.39 is 0 Å². The molecule has 0 saturated carbocycles. The molecule has 0 bridgehead atoms. The molecule has 88 valence electrons. The van der Waals surface area contributed by atoms with Gasteiger partial charge in [0.2, 0.25) is 5.88 Å². The van der Waals surface area contributed by atoms with Crippen LogP contribution < -0.4 is 15.4 Å². The first-order chi connectivity index (χ1) is 7.70. The van der Waals surface area contributed by atoms with Crippen molar-refractivity contribution < 1.29 is 4.74 Å². The molecule has 0 amide bonds. The SMILES string of the molecule is CCOc1cc(N2CC(C)C(N)C2)ncn1. The van der Waals surface area contributed by atoms with Gasteiger partial charge in [-0.3, -0.25) is 0 Å². The van der Waals surface area contributed by atoms with Crippen LogP contribution in [0, 0.1) is 5.92 Å². The molecule has 2 heterocycles. The zero-order valence-electron chi connectivity index (χ0n) is 9.76. The highest BCUT2D eigenvalue weighted by atomic mass is 16.5. The predicted octanol–water partition coefficient (Wildman–Crippen LogP) is 0.659. The Morgan fingerprint density at radius 3 is 2.94 bits per heavy atom. The summed E-state index contributed by atoms with van der Waals surface area (Å²) < 4.78 is 5.35. The summed E-state index contributed by atoms with van der Waals surface area (Å²) in [7, 11) is 0. The van der Waals surface area contributed by atoms with E-state index in [1.54, 1.807) is 0 Å². The van der Waals surface area contributed by atoms with Gasteiger partial charge >= 0.3 is 0 Å². The average molecular weight is 222 g/mol. The summed E-state index contributed by atoms with van der Waals surface area (Å²) >= 11 is 0. The highest BCUT2D eigenvalue weighted by Gasteiger charge is 2.27. The smallest absolute Gasteiger partial charge is 0.218 e. The topological polar surface area (TPSA) is 64.3 Å². The lowest BCUT2D eigenvalue weighted by molar-refractivity contribution is 0.326. The van der Waals surface area contributed by atoms with E-state index >= 15 is 0 Å². The van der Waals surface area contributed by atoms with Crippen molar-refractivity contribution in [1.82, 2.24) is 9.97 Å². The molecule has 1 aliphatic heterocycles. The van der Waals surface area contributed by atoms with Crippen LogP contribution in [0.3, 0.4) is 0 Å². The lowest BCUT2D eigenvalue weighted by Gasteiger charge is -2.16. The van der Waals surface area contributed by atoms with Gasteiger partial charge in [0.05, 0.1) is 6.61 Å². The molecule has 0 aliphatic carbocycles. The molecule has 0 spiro atoms. The van der Waals surface area contributed by atoms with Gasteiger partial charge in [-0.05, 0) is 12.8 Å². The Hall–Kier alpha value is -1.36. The summed E-state index contributed by atoms with van der Waals surface area (Å²) in [4.78, 5) is 10.5. The van der Waals surface area contributed by atoms with E-state index in [1.165, 1.54) is 6.33 Å². The lowest BCUT2D eigenvalue weighted by Crippen LogP contribution is -2.28. The molecule has 1 saturated heterocycles. The summed E-state index contributed by atoms with van der Waals surface area (Å²) in [5.74, 6) is 2.03. The molecule has 2 N–H and O–H groups in total. The standard InChI is InChI=1S/C11H18N4O/c1-3-16-11-4-10(13-7-14-11)15-5-8(2)9(12)6-15/h4,7-9H,3,5-6,12H2,1-2H3. The van der Waals surface area contributed by atoms with Gasteiger partial charge in [-0.1, -0.05) is 6.92 Å². The fraction of sp³-hybridized carbons (Fsp3) is 0.636. The highest BCUT2D eigenvalue weighted by Crippen LogP contribution is 2.22. The van der Waals surface area contributed by atoms with Gasteiger partial charge in [0.15, 0.2) is 0 Å². The van der Waals surface area contributed by atoms with Gasteiger partial charge < -0.3 is 15.4 Å². The van der Waals surface area contributed by atoms with Crippen molar-refractivity contribution in [2.75, 3.05) is 24.6 Å². The second-order valence-corrected chi connectivity index (χ2v) is 4.19. The summed E-state index contributed by atoms with van der Waals surface area (Å²) in [5, 5.41) is 0. The van der Waals surface area contributed by atoms with E-state index in [1.807, 2.05) is 13.0 Å². The minimum absolute atomic E-state index is 0.227. The molecule has 1 aromatic heterocycles. The quantitative estimate of drug-likeness (QED) is 0.814. The number of rotatable bonds is 3. The first-order valence-electron chi connectivity index (χ1n) is 5.66. The predicted molar refractivity (Wildman–Crippen MR) is 62.6 cm³/mol. The first kappa shape index (κ1) is 11.1. The molecule has 5 nitrogen and oxygen atoms in total. The van der Waals surface area contributed by atoms with Crippen molar-refractivity contribution in [3.63, 3.8) is 0 Å². The Labute approximate surface area is 95.6 Å². The molecule has 2 atom stereocenters. The van der Waals surface area contributed by atoms with Crippen LogP contribution in [0.15, 0.2) is 12.4 Å². The van der Waals surface area contributed by atoms with Crippen LogP contribution in [-0.4, -0.2) is 35.7 Å². The van der Waals surface area contributed by atoms with Crippen molar-refractivity contribution in [2.24, 2.45) is 11.7 Å². The first-order valence-corrected chi connectivity index (χ1v) is 5.66. The van der Waals surface area contributed by atoms with Gasteiger partial charge in [-0.25, -0.2) is 9.97 Å². The maximum atomic E-state index is 5.99. The zero-order chi connectivity index (χ0) is 11.5. The Balaban J connectivity index is 2.12. The average Bonchev–Trinajstić information content (AvgIpc) is 2.60. The molecule has 2 unspecified atom stereocenters. The molecule has 16 heavy (non-hydrogen) atoms. The Morgan fingerprint density at radius 1 is 1.50 bits per heavy atom. The van der Waals surface area contributed by atoms with Crippen molar-refractivity contribution in [3.8, 4) is 5.88 Å². The minimum Gasteiger partial charge on any atom is -0.478 e. The summed E-state index contributed by atoms with van der Waals surface area (Å²) in [6.07, 6.45) is 1.54. The van der Waals surface area contributed by atoms with Crippen molar-refractivity contribution in [1.29, 1.82) is 0 Å². The number of nitrogens with zero attached hydrogens (tertiary/aromatic N) is 3. The van der Waals surface area contributed by atoms with Crippen LogP contribution in [0.4, 0.5) is 5.82 Å². The lowest BCUT2D eigenvalue weighted by atomic mass is 10.1. The van der Waals surface area contributed by atoms with Gasteiger partial charge in [-0.2, -0.15) is 0 Å². The molecule has 0 radical (unpaired) electrons. The van der Waals surface area contributed by atoms with Crippen LogP contribution >= 0.6 is 0 Å². The molecular weight excluding hydrogens is 204 g/mol. The van der Waals surface area contributed by atoms with Crippen LogP contribution in [0.1, 0.15) is 13.8 Å². The van der Waals surface area contributed by atoms with E-state index in [-0.39, 0.29) is 6.04 Å². The van der Waals surface area contributed by atoms with Crippen LogP contribution in [0.25, 0.3) is 0 Å². The number of ether oxygens (including phenoxy) is 1. The molecule has 2 rings (SSSR count). The van der Waals surface area contributed by atoms with Crippen LogP contribution in [0.2, 0.25) is 0 Å². The molecule has 1 aromatic rings. The number of aromatic nitrogens is 2. The van der Waals surface area contributed by atoms with Gasteiger partial charge in [0.1, 0.15) is 12.1 Å². The summed E-state index contributed by atoms with van der Waals surface area (Å²) in [5.41, 5.74) is 5.99. The Bertz CT molecular complexity index is 348. The Morgan fingerprint density at radius 2 is 2.31 bits per heavy atom. The second-order valence-electron chi connectivity index (χ2n) is 4.19. The van der Waals surface area contributed by atoms with Crippen molar-refractivity contribution in [2.45, 2.75) is 19.9 Å². The zero-order valence-corrected chi connectivity index (χ0v) is 9.76. The Kier molecular flexibility index (Phi) is 3.24. The number of hydrogen-bond donors (Lipinski definition) is 1. The van der Waals surface area contributed by atoms with Gasteiger partial charge in [0, 0.05) is 25.2 Å². The van der Waals surface area contributed by atoms with E-state index in [0.717, 1.165) is 18.9 Å². The number of nitrogens with two attached hydrogens (primary N) is 1. The van der Waals surface area contributed by atoms with E-state index in [4.69, 9.17) is 10.5 Å². The van der Waals surface area contributed by atoms with E-state index in [2.05, 4.69) is 21.8 Å². The number of hydrogen-bond acceptors (Lipinski definition) is 5. The largest absolute Gasteiger partial charge is 0.478 e. The maximum absolute atomic E-state index is 5.99. The normalized spacial score (nSPS) is 24.8. The monoisotopic (exact) mass is 222 g/mol. The summed E-state index contributed by atoms with van der Waals surface area (Å²) in [6.45, 7) is 6.52. The minimum atomic E-state index is 0.227. The molecule has 1 fully saturated rings. The highest BCUT2D eigenvalue weighted by molar-refractivity contribution is 5.42. The van der Waals surface area contributed by atoms with Gasteiger partial charge in [0.25, 0.3) is 0 Å². The molecular formula is C11H18N4O. The number of anilines is 1. The fourth-order valence-corrected chi connectivity index (χ4v) is 1.91. The molecule has 0 aromatic carbocycles. The van der Waals surface area contributed by atoms with Crippen LogP contribution in [-0.2, 0) is 0 Å². The fourth-order valence-electron chi connectivity index (χ4n) is 1.91. The molecule has 1 aliphatic rings. The third kappa shape index (κ3) is 2.24. The second kappa shape index (κ2) is 4.65. The van der Waals surface area contributed by atoms with Crippen molar-refractivity contribution >= 4 is 5.82 Å². The van der Waals surface area contributed by atoms with Crippen LogP contribution in [0.5, 0.6) is 5.88 Å². The third-order valence-electron chi connectivity index (χ3n) is 2.91. The summed E-state index contributed by atoms with van der Waals surface area (Å²) in [6, 6.07) is 2.10. The van der Waals surface area contributed by atoms with Gasteiger partial charge in [-0.15, -0.1) is 0 Å². The van der Waals surface area contributed by atoms with E-state index in [9.17, 15) is 0 Å². The molecule has 5 heteroatoms.